The van der Waals surface area contributed by atoms with Crippen LogP contribution < -0.4 is 0 Å². The summed E-state index contributed by atoms with van der Waals surface area (Å²) >= 11 is 1.87. The fourth-order valence-electron chi connectivity index (χ4n) is 2.99. The summed E-state index contributed by atoms with van der Waals surface area (Å²) in [5.41, 5.74) is -0.638. The predicted molar refractivity (Wildman–Crippen MR) is 85.1 cm³/mol. The van der Waals surface area contributed by atoms with Crippen LogP contribution in [0.25, 0.3) is 0 Å². The van der Waals surface area contributed by atoms with Crippen molar-refractivity contribution in [2.75, 3.05) is 5.75 Å². The van der Waals surface area contributed by atoms with Crippen molar-refractivity contribution in [2.45, 2.75) is 62.7 Å². The summed E-state index contributed by atoms with van der Waals surface area (Å²) < 4.78 is 6.15. The van der Waals surface area contributed by atoms with Crippen molar-refractivity contribution in [3.63, 3.8) is 0 Å². The van der Waals surface area contributed by atoms with Gasteiger partial charge >= 0.3 is 0 Å². The zero-order valence-electron chi connectivity index (χ0n) is 12.9. The molecule has 1 aromatic carbocycles. The molecule has 112 valence electrons. The van der Waals surface area contributed by atoms with E-state index >= 15 is 0 Å². The van der Waals surface area contributed by atoms with E-state index in [1.54, 1.807) is 0 Å². The largest absolute Gasteiger partial charge is 0.390 e. The van der Waals surface area contributed by atoms with Gasteiger partial charge in [0.25, 0.3) is 0 Å². The number of hydrogen-bond acceptors (Lipinski definition) is 3. The van der Waals surface area contributed by atoms with Crippen LogP contribution in [-0.2, 0) is 4.74 Å². The van der Waals surface area contributed by atoms with Gasteiger partial charge in [0.05, 0.1) is 17.3 Å². The molecule has 0 amide bonds. The zero-order chi connectivity index (χ0) is 14.8. The molecule has 1 saturated heterocycles. The van der Waals surface area contributed by atoms with Gasteiger partial charge in [-0.15, -0.1) is 11.8 Å². The van der Waals surface area contributed by atoms with Crippen LogP contribution in [0.1, 0.15) is 40.5 Å². The highest BCUT2D eigenvalue weighted by Gasteiger charge is 2.52. The van der Waals surface area contributed by atoms with Crippen molar-refractivity contribution >= 4 is 11.8 Å². The molecule has 3 heteroatoms. The van der Waals surface area contributed by atoms with Crippen LogP contribution in [0.2, 0.25) is 0 Å². The molecular weight excluding hydrogens is 268 g/mol. The molecule has 0 unspecified atom stereocenters. The smallest absolute Gasteiger partial charge is 0.0923 e. The molecule has 0 radical (unpaired) electrons. The highest BCUT2D eigenvalue weighted by atomic mass is 32.2. The Balaban J connectivity index is 1.82. The Kier molecular flexibility index (Phi) is 4.83. The van der Waals surface area contributed by atoms with Gasteiger partial charge in [-0.2, -0.15) is 0 Å². The Labute approximate surface area is 126 Å². The molecule has 1 aliphatic heterocycles. The minimum absolute atomic E-state index is 0.175. The number of hydrogen-bond donors (Lipinski definition) is 1. The lowest BCUT2D eigenvalue weighted by Crippen LogP contribution is -2.37. The molecule has 1 aliphatic rings. The van der Waals surface area contributed by atoms with Crippen molar-refractivity contribution in [3.05, 3.63) is 30.3 Å². The quantitative estimate of drug-likeness (QED) is 0.654. The molecule has 1 N–H and O–H groups in total. The van der Waals surface area contributed by atoms with Crippen LogP contribution in [0.5, 0.6) is 0 Å². The van der Waals surface area contributed by atoms with Gasteiger partial charge in [0.2, 0.25) is 0 Å². The lowest BCUT2D eigenvalue weighted by molar-refractivity contribution is -0.106. The van der Waals surface area contributed by atoms with E-state index in [2.05, 4.69) is 52.0 Å². The van der Waals surface area contributed by atoms with E-state index in [4.69, 9.17) is 4.74 Å². The third kappa shape index (κ3) is 3.38. The van der Waals surface area contributed by atoms with Crippen LogP contribution in [0.15, 0.2) is 35.2 Å². The first-order chi connectivity index (χ1) is 9.35. The van der Waals surface area contributed by atoms with Crippen LogP contribution in [0.3, 0.4) is 0 Å². The number of aliphatic hydroxyl groups is 1. The molecular formula is C17H26O2S. The number of benzene rings is 1. The van der Waals surface area contributed by atoms with Crippen LogP contribution in [-0.4, -0.2) is 28.2 Å². The van der Waals surface area contributed by atoms with E-state index in [0.29, 0.717) is 0 Å². The number of thioether (sulfide) groups is 1. The van der Waals surface area contributed by atoms with E-state index in [1.165, 1.54) is 4.90 Å². The lowest BCUT2D eigenvalue weighted by atomic mass is 9.84. The summed E-state index contributed by atoms with van der Waals surface area (Å²) in [7, 11) is 0. The van der Waals surface area contributed by atoms with Crippen molar-refractivity contribution in [1.82, 2.24) is 0 Å². The zero-order valence-corrected chi connectivity index (χ0v) is 13.7. The Bertz CT molecular complexity index is 432. The molecule has 0 aromatic heterocycles. The van der Waals surface area contributed by atoms with Gasteiger partial charge in [-0.25, -0.2) is 0 Å². The average molecular weight is 294 g/mol. The standard InChI is InChI=1S/C17H26O2S/c1-13-15(18)17(4,19-16(13,2)3)11-8-12-20-14-9-6-5-7-10-14/h5-7,9-10,13,15,18H,8,11-12H2,1-4H3/t13-,15+,17+/m1/s1. The van der Waals surface area contributed by atoms with Gasteiger partial charge < -0.3 is 9.84 Å². The monoisotopic (exact) mass is 294 g/mol. The van der Waals surface area contributed by atoms with Gasteiger partial charge in [-0.3, -0.25) is 0 Å². The maximum Gasteiger partial charge on any atom is 0.0923 e. The predicted octanol–water partition coefficient (Wildman–Crippen LogP) is 4.12. The van der Waals surface area contributed by atoms with E-state index in [1.807, 2.05) is 17.8 Å². The van der Waals surface area contributed by atoms with E-state index in [-0.39, 0.29) is 17.6 Å². The fraction of sp³-hybridized carbons (Fsp3) is 0.647. The van der Waals surface area contributed by atoms with Crippen molar-refractivity contribution in [2.24, 2.45) is 5.92 Å². The molecule has 0 aliphatic carbocycles. The number of ether oxygens (including phenoxy) is 1. The highest BCUT2D eigenvalue weighted by Crippen LogP contribution is 2.44. The second-order valence-electron chi connectivity index (χ2n) is 6.52. The third-order valence-corrected chi connectivity index (χ3v) is 5.62. The SMILES string of the molecule is C[C@@H]1[C@H](O)[C@](C)(CCCSc2ccccc2)OC1(C)C. The lowest BCUT2D eigenvalue weighted by Gasteiger charge is -2.29. The maximum absolute atomic E-state index is 10.4. The van der Waals surface area contributed by atoms with E-state index in [0.717, 1.165) is 18.6 Å². The van der Waals surface area contributed by atoms with E-state index in [9.17, 15) is 5.11 Å². The molecule has 3 atom stereocenters. The van der Waals surface area contributed by atoms with Gasteiger partial charge in [0.15, 0.2) is 0 Å². The third-order valence-electron chi connectivity index (χ3n) is 4.52. The summed E-state index contributed by atoms with van der Waals surface area (Å²) in [6.07, 6.45) is 1.58. The molecule has 0 saturated carbocycles. The molecule has 1 fully saturated rings. The van der Waals surface area contributed by atoms with Crippen LogP contribution in [0, 0.1) is 5.92 Å². The fourth-order valence-corrected chi connectivity index (χ4v) is 3.87. The normalized spacial score (nSPS) is 32.5. The average Bonchev–Trinajstić information content (AvgIpc) is 2.57. The Morgan fingerprint density at radius 1 is 1.20 bits per heavy atom. The van der Waals surface area contributed by atoms with Crippen molar-refractivity contribution in [1.29, 1.82) is 0 Å². The number of rotatable bonds is 5. The summed E-state index contributed by atoms with van der Waals surface area (Å²) in [5.74, 6) is 1.24. The summed E-state index contributed by atoms with van der Waals surface area (Å²) in [6, 6.07) is 10.4. The Morgan fingerprint density at radius 3 is 2.40 bits per heavy atom. The van der Waals surface area contributed by atoms with Gasteiger partial charge in [-0.1, -0.05) is 25.1 Å². The Morgan fingerprint density at radius 2 is 1.85 bits per heavy atom. The summed E-state index contributed by atoms with van der Waals surface area (Å²) in [5, 5.41) is 10.4. The minimum atomic E-state index is -0.403. The van der Waals surface area contributed by atoms with Crippen LogP contribution >= 0.6 is 11.8 Å². The molecule has 0 spiro atoms. The molecule has 20 heavy (non-hydrogen) atoms. The first-order valence-corrected chi connectivity index (χ1v) is 8.40. The second kappa shape index (κ2) is 6.08. The van der Waals surface area contributed by atoms with Gasteiger partial charge in [0, 0.05) is 10.8 Å². The van der Waals surface area contributed by atoms with Gasteiger partial charge in [0.1, 0.15) is 0 Å². The molecule has 1 heterocycles. The van der Waals surface area contributed by atoms with Crippen molar-refractivity contribution in [3.8, 4) is 0 Å². The molecule has 0 bridgehead atoms. The van der Waals surface area contributed by atoms with Crippen molar-refractivity contribution < 1.29 is 9.84 Å². The first kappa shape index (κ1) is 15.9. The molecule has 2 nitrogen and oxygen atoms in total. The topological polar surface area (TPSA) is 29.5 Å². The summed E-state index contributed by atoms with van der Waals surface area (Å²) in [4.78, 5) is 1.30. The van der Waals surface area contributed by atoms with Gasteiger partial charge in [-0.05, 0) is 51.5 Å². The summed E-state index contributed by atoms with van der Waals surface area (Å²) in [6.45, 7) is 8.28. The van der Waals surface area contributed by atoms with Crippen LogP contribution in [0.4, 0.5) is 0 Å². The first-order valence-electron chi connectivity index (χ1n) is 7.41. The second-order valence-corrected chi connectivity index (χ2v) is 7.69. The van der Waals surface area contributed by atoms with E-state index < -0.39 is 5.60 Å². The highest BCUT2D eigenvalue weighted by molar-refractivity contribution is 7.99. The Hall–Kier alpha value is -0.510. The molecule has 2 rings (SSSR count). The molecule has 1 aromatic rings. The maximum atomic E-state index is 10.4. The number of aliphatic hydroxyl groups excluding tert-OH is 1. The minimum Gasteiger partial charge on any atom is -0.390 e.